The van der Waals surface area contributed by atoms with E-state index in [9.17, 15) is 91.0 Å². The molecule has 93 heavy (non-hydrogen) atoms. The lowest BCUT2D eigenvalue weighted by atomic mass is 9.91. The Labute approximate surface area is 532 Å². The van der Waals surface area contributed by atoms with E-state index in [1.807, 2.05) is 36.4 Å². The first-order valence-electron chi connectivity index (χ1n) is 29.9. The minimum Gasteiger partial charge on any atom is -0.481 e. The third-order valence-electron chi connectivity index (χ3n) is 16.5. The highest BCUT2D eigenvalue weighted by molar-refractivity contribution is 5.78. The smallest absolute Gasteiger partial charge is 0.307 e. The molecule has 0 unspecified atom stereocenters. The van der Waals surface area contributed by atoms with Crippen molar-refractivity contribution in [2.45, 2.75) is 131 Å². The van der Waals surface area contributed by atoms with Gasteiger partial charge in [-0.15, -0.1) is 0 Å². The van der Waals surface area contributed by atoms with Gasteiger partial charge in [0.05, 0.1) is 39.1 Å². The quantitative estimate of drug-likeness (QED) is 0.0411. The standard InChI is InChI=1S/C69H72O24/c70-31-52-58(79)61(82)64(85)67(91-52)88-49-13-10-37(25-46(49)43-7-1-4-34(22-43)28-55(73)74)16-40-19-41(17-38-11-14-50(89-68-65(86)62(83)59(80)53(32-71)92-68)47(26-38)44-8-2-5-35(23-44)29-56(75)76)21-42(20-40)18-39-12-15-51(90-69-66(87)63(84)60(81)54(33-72)93-69)48(27-39)45-9-3-6-36(24-45)30-57(77)78/h1-15,19-27,52-54,58-72,79-87H,16-18,28-33H2,(H,73,74)(H,75,76)(H,77,78)/t52-,53-,54-,58-,59-,60-,61+,62+,63+,64+,65+,66+,67-,68-,69-/m1/s1. The lowest BCUT2D eigenvalue weighted by molar-refractivity contribution is -0.277. The highest BCUT2D eigenvalue weighted by atomic mass is 16.7. The Kier molecular flexibility index (Phi) is 21.7. The number of hydrogen-bond acceptors (Lipinski definition) is 21. The Balaban J connectivity index is 1.07. The van der Waals surface area contributed by atoms with Gasteiger partial charge in [0.2, 0.25) is 18.9 Å². The second kappa shape index (κ2) is 29.8. The van der Waals surface area contributed by atoms with Crippen LogP contribution >= 0.6 is 0 Å². The summed E-state index contributed by atoms with van der Waals surface area (Å²) in [5, 5.41) is 156. The molecule has 0 radical (unpaired) electrons. The molecule has 0 spiro atoms. The van der Waals surface area contributed by atoms with E-state index in [1.54, 1.807) is 109 Å². The van der Waals surface area contributed by atoms with Gasteiger partial charge in [-0.3, -0.25) is 14.4 Å². The van der Waals surface area contributed by atoms with Gasteiger partial charge in [-0.1, -0.05) is 109 Å². The van der Waals surface area contributed by atoms with Crippen molar-refractivity contribution in [1.29, 1.82) is 0 Å². The van der Waals surface area contributed by atoms with E-state index < -0.39 is 130 Å². The normalized spacial score (nSPS) is 26.3. The number of aliphatic hydroxyl groups excluding tert-OH is 12. The Bertz CT molecular complexity index is 3380. The predicted octanol–water partition coefficient (Wildman–Crippen LogP) is 1.88. The molecule has 3 aliphatic heterocycles. The van der Waals surface area contributed by atoms with Crippen LogP contribution in [0.15, 0.2) is 146 Å². The monoisotopic (exact) mass is 1280 g/mol. The van der Waals surface area contributed by atoms with Gasteiger partial charge in [0.1, 0.15) is 90.5 Å². The van der Waals surface area contributed by atoms with Gasteiger partial charge < -0.3 is 105 Å². The van der Waals surface area contributed by atoms with Crippen LogP contribution in [0.3, 0.4) is 0 Å². The van der Waals surface area contributed by atoms with Crippen molar-refractivity contribution < 1.29 is 119 Å². The molecule has 7 aromatic rings. The number of carbonyl (C=O) groups is 3. The molecule has 0 aromatic heterocycles. The first-order valence-corrected chi connectivity index (χ1v) is 29.9. The molecular weight excluding hydrogens is 1210 g/mol. The number of carboxylic acid groups (broad SMARTS) is 3. The highest BCUT2D eigenvalue weighted by Gasteiger charge is 2.47. The van der Waals surface area contributed by atoms with Crippen LogP contribution in [0.25, 0.3) is 33.4 Å². The molecule has 24 nitrogen and oxygen atoms in total. The molecule has 3 saturated heterocycles. The van der Waals surface area contributed by atoms with Gasteiger partial charge in [0.25, 0.3) is 0 Å². The van der Waals surface area contributed by atoms with Crippen LogP contribution in [0.1, 0.15) is 50.1 Å². The van der Waals surface area contributed by atoms with Crippen molar-refractivity contribution in [3.8, 4) is 50.6 Å². The molecule has 10 rings (SSSR count). The molecule has 492 valence electrons. The summed E-state index contributed by atoms with van der Waals surface area (Å²) in [6, 6.07) is 41.6. The van der Waals surface area contributed by atoms with Crippen molar-refractivity contribution in [2.24, 2.45) is 0 Å². The second-order valence-corrected chi connectivity index (χ2v) is 23.4. The zero-order valence-corrected chi connectivity index (χ0v) is 49.8. The maximum atomic E-state index is 11.9. The largest absolute Gasteiger partial charge is 0.481 e. The third kappa shape index (κ3) is 16.0. The minimum atomic E-state index is -1.76. The van der Waals surface area contributed by atoms with Crippen LogP contribution in [-0.2, 0) is 67.1 Å². The molecule has 3 aliphatic rings. The first kappa shape index (κ1) is 67.6. The van der Waals surface area contributed by atoms with Crippen LogP contribution < -0.4 is 14.2 Å². The van der Waals surface area contributed by atoms with Crippen LogP contribution in [-0.4, -0.2) is 206 Å². The topological polar surface area (TPSA) is 410 Å². The molecule has 0 amide bonds. The van der Waals surface area contributed by atoms with E-state index in [-0.39, 0.29) is 55.8 Å². The van der Waals surface area contributed by atoms with Gasteiger partial charge in [0.15, 0.2) is 0 Å². The van der Waals surface area contributed by atoms with Gasteiger partial charge in [-0.05, 0) is 122 Å². The van der Waals surface area contributed by atoms with Crippen molar-refractivity contribution in [3.63, 3.8) is 0 Å². The number of benzene rings is 7. The second-order valence-electron chi connectivity index (χ2n) is 23.4. The maximum Gasteiger partial charge on any atom is 0.307 e. The fraction of sp³-hybridized carbons (Fsp3) is 0.348. The van der Waals surface area contributed by atoms with Crippen molar-refractivity contribution >= 4 is 17.9 Å². The summed E-state index contributed by atoms with van der Waals surface area (Å²) < 4.78 is 35.9. The van der Waals surface area contributed by atoms with E-state index in [4.69, 9.17) is 28.4 Å². The zero-order chi connectivity index (χ0) is 66.4. The van der Waals surface area contributed by atoms with Crippen molar-refractivity contribution in [2.75, 3.05) is 19.8 Å². The molecule has 0 bridgehead atoms. The van der Waals surface area contributed by atoms with Gasteiger partial charge in [-0.25, -0.2) is 0 Å². The highest BCUT2D eigenvalue weighted by Crippen LogP contribution is 2.40. The fourth-order valence-electron chi connectivity index (χ4n) is 11.8. The lowest BCUT2D eigenvalue weighted by Crippen LogP contribution is -2.60. The van der Waals surface area contributed by atoms with Crippen LogP contribution in [0.2, 0.25) is 0 Å². The average Bonchev–Trinajstić information content (AvgIpc) is 0.915. The molecule has 24 heteroatoms. The fourth-order valence-corrected chi connectivity index (χ4v) is 11.8. The van der Waals surface area contributed by atoms with E-state index in [0.29, 0.717) is 66.8 Å². The lowest BCUT2D eigenvalue weighted by Gasteiger charge is -2.39. The van der Waals surface area contributed by atoms with E-state index in [1.165, 1.54) is 0 Å². The number of ether oxygens (including phenoxy) is 6. The average molecular weight is 1290 g/mol. The predicted molar refractivity (Wildman–Crippen MR) is 328 cm³/mol. The third-order valence-corrected chi connectivity index (χ3v) is 16.5. The summed E-state index contributed by atoms with van der Waals surface area (Å²) in [6.07, 6.45) is -24.3. The molecule has 3 heterocycles. The summed E-state index contributed by atoms with van der Waals surface area (Å²) in [5.74, 6) is -2.83. The summed E-state index contributed by atoms with van der Waals surface area (Å²) in [5.41, 5.74) is 8.57. The summed E-state index contributed by atoms with van der Waals surface area (Å²) in [7, 11) is 0. The number of hydrogen-bond donors (Lipinski definition) is 15. The van der Waals surface area contributed by atoms with E-state index in [0.717, 1.165) is 16.7 Å². The maximum absolute atomic E-state index is 11.9. The summed E-state index contributed by atoms with van der Waals surface area (Å²) in [4.78, 5) is 35.8. The van der Waals surface area contributed by atoms with Gasteiger partial charge in [-0.2, -0.15) is 0 Å². The van der Waals surface area contributed by atoms with Gasteiger partial charge in [0, 0.05) is 16.7 Å². The molecule has 3 fully saturated rings. The molecule has 0 saturated carbocycles. The SMILES string of the molecule is O=C(O)Cc1cccc(-c2cc(Cc3cc(Cc4ccc(O[C@@H]5O[C@H](CO)[C@@H](O)[C@H](O)[C@@H]5O)c(-c5cccc(CC(=O)O)c5)c4)cc(Cc4ccc(O[C@@H]5O[C@H](CO)[C@@H](O)[C@H](O)[C@@H]5O)c(-c5cccc(CC(=O)O)c5)c4)c3)ccc2O[C@@H]2O[C@H](CO)[C@@H](O)[C@H](O)[C@@H]2O)c1. The number of carboxylic acids is 3. The van der Waals surface area contributed by atoms with Crippen LogP contribution in [0.5, 0.6) is 17.2 Å². The summed E-state index contributed by atoms with van der Waals surface area (Å²) >= 11 is 0. The minimum absolute atomic E-state index is 0.136. The number of aliphatic hydroxyl groups is 12. The van der Waals surface area contributed by atoms with Gasteiger partial charge >= 0.3 is 17.9 Å². The van der Waals surface area contributed by atoms with Crippen LogP contribution in [0.4, 0.5) is 0 Å². The number of rotatable bonds is 24. The Morgan fingerprint density at radius 1 is 0.312 bits per heavy atom. The number of aliphatic carboxylic acids is 3. The van der Waals surface area contributed by atoms with Crippen molar-refractivity contribution in [1.82, 2.24) is 0 Å². The molecule has 7 aromatic carbocycles. The molecule has 15 atom stereocenters. The zero-order valence-electron chi connectivity index (χ0n) is 49.8. The first-order chi connectivity index (χ1) is 44.6. The van der Waals surface area contributed by atoms with Crippen molar-refractivity contribution in [3.05, 3.63) is 196 Å². The Hall–Kier alpha value is -8.25. The Morgan fingerprint density at radius 2 is 0.581 bits per heavy atom. The molecule has 15 N–H and O–H groups in total. The van der Waals surface area contributed by atoms with E-state index >= 15 is 0 Å². The molecular formula is C69H72O24. The van der Waals surface area contributed by atoms with E-state index in [2.05, 4.69) is 0 Å². The summed E-state index contributed by atoms with van der Waals surface area (Å²) in [6.45, 7) is -2.13. The molecule has 0 aliphatic carbocycles. The van der Waals surface area contributed by atoms with Crippen LogP contribution in [0, 0.1) is 0 Å². The Morgan fingerprint density at radius 3 is 0.828 bits per heavy atom.